The van der Waals surface area contributed by atoms with Crippen LogP contribution in [0.4, 0.5) is 0 Å². The standard InChI is InChI=1S/C16H17N5O2S/c1-11(15(22)18-10-13-4-3-9-23-13)24-16-20-19-14(21(16)2)12-5-7-17-8-6-12/h3-9,11H,10H2,1-2H3,(H,18,22)/t11-/m1/s1. The number of thioether (sulfide) groups is 1. The molecule has 0 aliphatic carbocycles. The van der Waals surface area contributed by atoms with E-state index in [9.17, 15) is 4.79 Å². The van der Waals surface area contributed by atoms with Crippen molar-refractivity contribution < 1.29 is 9.21 Å². The third-order valence-corrected chi connectivity index (χ3v) is 4.58. The van der Waals surface area contributed by atoms with Crippen LogP contribution in [0.5, 0.6) is 0 Å². The Labute approximate surface area is 143 Å². The summed E-state index contributed by atoms with van der Waals surface area (Å²) in [4.78, 5) is 16.2. The normalized spacial score (nSPS) is 12.1. The lowest BCUT2D eigenvalue weighted by atomic mass is 10.2. The fraction of sp³-hybridized carbons (Fsp3) is 0.250. The quantitative estimate of drug-likeness (QED) is 0.691. The van der Waals surface area contributed by atoms with Gasteiger partial charge in [0.05, 0.1) is 18.1 Å². The molecule has 0 radical (unpaired) electrons. The van der Waals surface area contributed by atoms with Gasteiger partial charge in [0.15, 0.2) is 11.0 Å². The summed E-state index contributed by atoms with van der Waals surface area (Å²) in [7, 11) is 1.88. The summed E-state index contributed by atoms with van der Waals surface area (Å²) >= 11 is 1.36. The van der Waals surface area contributed by atoms with E-state index in [0.29, 0.717) is 11.7 Å². The molecule has 7 nitrogen and oxygen atoms in total. The van der Waals surface area contributed by atoms with E-state index in [4.69, 9.17) is 4.42 Å². The zero-order valence-corrected chi connectivity index (χ0v) is 14.2. The van der Waals surface area contributed by atoms with E-state index >= 15 is 0 Å². The smallest absolute Gasteiger partial charge is 0.233 e. The van der Waals surface area contributed by atoms with Gasteiger partial charge in [-0.2, -0.15) is 0 Å². The third-order valence-electron chi connectivity index (χ3n) is 3.44. The molecule has 8 heteroatoms. The third kappa shape index (κ3) is 3.65. The number of rotatable bonds is 6. The van der Waals surface area contributed by atoms with Crippen LogP contribution in [-0.2, 0) is 18.4 Å². The molecule has 1 atom stereocenters. The van der Waals surface area contributed by atoms with Crippen LogP contribution in [0, 0.1) is 0 Å². The summed E-state index contributed by atoms with van der Waals surface area (Å²) < 4.78 is 7.07. The summed E-state index contributed by atoms with van der Waals surface area (Å²) in [6.45, 7) is 2.21. The Morgan fingerprint density at radius 2 is 2.12 bits per heavy atom. The van der Waals surface area contributed by atoms with Gasteiger partial charge in [0.1, 0.15) is 5.76 Å². The Balaban J connectivity index is 1.63. The molecular weight excluding hydrogens is 326 g/mol. The largest absolute Gasteiger partial charge is 0.467 e. The van der Waals surface area contributed by atoms with E-state index < -0.39 is 0 Å². The Bertz CT molecular complexity index is 801. The molecule has 1 amide bonds. The van der Waals surface area contributed by atoms with Crippen LogP contribution in [-0.4, -0.2) is 30.9 Å². The summed E-state index contributed by atoms with van der Waals surface area (Å²) in [5.74, 6) is 1.38. The van der Waals surface area contributed by atoms with Crippen LogP contribution in [0.1, 0.15) is 12.7 Å². The van der Waals surface area contributed by atoms with Crippen molar-refractivity contribution in [1.82, 2.24) is 25.1 Å². The van der Waals surface area contributed by atoms with Crippen LogP contribution < -0.4 is 5.32 Å². The first kappa shape index (κ1) is 16.3. The molecule has 0 saturated carbocycles. The van der Waals surface area contributed by atoms with Crippen molar-refractivity contribution in [3.05, 3.63) is 48.7 Å². The van der Waals surface area contributed by atoms with Crippen molar-refractivity contribution in [2.75, 3.05) is 0 Å². The molecule has 3 heterocycles. The first-order valence-electron chi connectivity index (χ1n) is 7.41. The molecule has 0 spiro atoms. The van der Waals surface area contributed by atoms with Gasteiger partial charge in [0.25, 0.3) is 0 Å². The van der Waals surface area contributed by atoms with Gasteiger partial charge in [0, 0.05) is 25.0 Å². The van der Waals surface area contributed by atoms with Gasteiger partial charge in [0.2, 0.25) is 5.91 Å². The number of nitrogens with zero attached hydrogens (tertiary/aromatic N) is 4. The van der Waals surface area contributed by atoms with E-state index in [2.05, 4.69) is 20.5 Å². The molecule has 0 aromatic carbocycles. The fourth-order valence-corrected chi connectivity index (χ4v) is 2.95. The number of pyridine rings is 1. The first-order valence-corrected chi connectivity index (χ1v) is 8.29. The zero-order valence-electron chi connectivity index (χ0n) is 13.3. The van der Waals surface area contributed by atoms with Crippen LogP contribution in [0.25, 0.3) is 11.4 Å². The number of aromatic nitrogens is 4. The molecule has 0 aliphatic rings. The topological polar surface area (TPSA) is 85.8 Å². The van der Waals surface area contributed by atoms with Gasteiger partial charge in [-0.05, 0) is 31.2 Å². The van der Waals surface area contributed by atoms with E-state index in [1.165, 1.54) is 11.8 Å². The van der Waals surface area contributed by atoms with Gasteiger partial charge in [-0.3, -0.25) is 9.78 Å². The lowest BCUT2D eigenvalue weighted by Crippen LogP contribution is -2.30. The van der Waals surface area contributed by atoms with E-state index in [1.807, 2.05) is 36.7 Å². The van der Waals surface area contributed by atoms with Crippen molar-refractivity contribution in [3.8, 4) is 11.4 Å². The Morgan fingerprint density at radius 3 is 2.83 bits per heavy atom. The summed E-state index contributed by atoms with van der Waals surface area (Å²) in [6.07, 6.45) is 5.00. The lowest BCUT2D eigenvalue weighted by Gasteiger charge is -2.11. The summed E-state index contributed by atoms with van der Waals surface area (Å²) in [6, 6.07) is 7.36. The maximum atomic E-state index is 12.2. The van der Waals surface area contributed by atoms with Gasteiger partial charge in [-0.1, -0.05) is 11.8 Å². The van der Waals surface area contributed by atoms with Gasteiger partial charge in [-0.25, -0.2) is 0 Å². The molecule has 3 rings (SSSR count). The van der Waals surface area contributed by atoms with Crippen molar-refractivity contribution in [2.45, 2.75) is 23.9 Å². The number of carbonyl (C=O) groups excluding carboxylic acids is 1. The Hall–Kier alpha value is -2.61. The van der Waals surface area contributed by atoms with Crippen LogP contribution >= 0.6 is 11.8 Å². The average molecular weight is 343 g/mol. The highest BCUT2D eigenvalue weighted by Gasteiger charge is 2.19. The molecular formula is C16H17N5O2S. The minimum Gasteiger partial charge on any atom is -0.467 e. The maximum absolute atomic E-state index is 12.2. The van der Waals surface area contributed by atoms with Gasteiger partial charge < -0.3 is 14.3 Å². The number of hydrogen-bond donors (Lipinski definition) is 1. The first-order chi connectivity index (χ1) is 11.6. The second-order valence-electron chi connectivity index (χ2n) is 5.16. The number of amides is 1. The molecule has 0 bridgehead atoms. The monoisotopic (exact) mass is 343 g/mol. The van der Waals surface area contributed by atoms with Crippen LogP contribution in [0.15, 0.2) is 52.5 Å². The minimum atomic E-state index is -0.298. The van der Waals surface area contributed by atoms with Crippen molar-refractivity contribution in [3.63, 3.8) is 0 Å². The molecule has 0 fully saturated rings. The van der Waals surface area contributed by atoms with E-state index in [-0.39, 0.29) is 11.2 Å². The van der Waals surface area contributed by atoms with E-state index in [1.54, 1.807) is 24.7 Å². The van der Waals surface area contributed by atoms with Crippen molar-refractivity contribution in [1.29, 1.82) is 0 Å². The molecule has 124 valence electrons. The average Bonchev–Trinajstić information content (AvgIpc) is 3.24. The maximum Gasteiger partial charge on any atom is 0.233 e. The molecule has 0 unspecified atom stereocenters. The SMILES string of the molecule is C[C@@H](Sc1nnc(-c2ccncc2)n1C)C(=O)NCc1ccco1. The molecule has 1 N–H and O–H groups in total. The molecule has 3 aromatic heterocycles. The number of hydrogen-bond acceptors (Lipinski definition) is 6. The zero-order chi connectivity index (χ0) is 16.9. The number of furan rings is 1. The van der Waals surface area contributed by atoms with Crippen molar-refractivity contribution >= 4 is 17.7 Å². The van der Waals surface area contributed by atoms with E-state index in [0.717, 1.165) is 17.1 Å². The summed E-state index contributed by atoms with van der Waals surface area (Å²) in [5.41, 5.74) is 0.932. The summed E-state index contributed by atoms with van der Waals surface area (Å²) in [5, 5.41) is 11.6. The predicted octanol–water partition coefficient (Wildman–Crippen LogP) is 2.27. The second-order valence-corrected chi connectivity index (χ2v) is 6.47. The molecule has 3 aromatic rings. The Kier molecular flexibility index (Phi) is 4.95. The Morgan fingerprint density at radius 1 is 1.33 bits per heavy atom. The highest BCUT2D eigenvalue weighted by atomic mass is 32.2. The second kappa shape index (κ2) is 7.31. The molecule has 24 heavy (non-hydrogen) atoms. The van der Waals surface area contributed by atoms with Gasteiger partial charge >= 0.3 is 0 Å². The molecule has 0 aliphatic heterocycles. The lowest BCUT2D eigenvalue weighted by molar-refractivity contribution is -0.120. The minimum absolute atomic E-state index is 0.0788. The highest BCUT2D eigenvalue weighted by Crippen LogP contribution is 2.25. The number of carbonyl (C=O) groups is 1. The van der Waals surface area contributed by atoms with Gasteiger partial charge in [-0.15, -0.1) is 10.2 Å². The van der Waals surface area contributed by atoms with Crippen LogP contribution in [0.3, 0.4) is 0 Å². The fourth-order valence-electron chi connectivity index (χ4n) is 2.11. The molecule has 0 saturated heterocycles. The van der Waals surface area contributed by atoms with Crippen LogP contribution in [0.2, 0.25) is 0 Å². The highest BCUT2D eigenvalue weighted by molar-refractivity contribution is 8.00. The number of nitrogens with one attached hydrogen (secondary N) is 1. The predicted molar refractivity (Wildman–Crippen MR) is 90.1 cm³/mol. The van der Waals surface area contributed by atoms with Crippen molar-refractivity contribution in [2.24, 2.45) is 7.05 Å².